The Kier molecular flexibility index (Phi) is 10.5. The molecule has 1 fully saturated rings. The van der Waals surface area contributed by atoms with Crippen molar-refractivity contribution in [3.63, 3.8) is 0 Å². The lowest BCUT2D eigenvalue weighted by molar-refractivity contribution is 0.00602. The summed E-state index contributed by atoms with van der Waals surface area (Å²) in [6.45, 7) is 24.4. The van der Waals surface area contributed by atoms with Crippen LogP contribution in [0.2, 0.25) is 0 Å². The number of allylic oxidation sites excluding steroid dienone is 2. The van der Waals surface area contributed by atoms with Crippen molar-refractivity contribution in [2.45, 2.75) is 72.1 Å². The van der Waals surface area contributed by atoms with Gasteiger partial charge in [-0.3, -0.25) is 0 Å². The summed E-state index contributed by atoms with van der Waals surface area (Å²) >= 11 is 0. The van der Waals surface area contributed by atoms with Crippen LogP contribution < -0.4 is 4.52 Å². The lowest BCUT2D eigenvalue weighted by Gasteiger charge is -2.55. The van der Waals surface area contributed by atoms with Gasteiger partial charge in [-0.2, -0.15) is 0 Å². The van der Waals surface area contributed by atoms with E-state index < -0.39 is 8.38 Å². The van der Waals surface area contributed by atoms with Gasteiger partial charge in [-0.1, -0.05) is 37.3 Å². The average Bonchev–Trinajstić information content (AvgIpc) is 2.56. The molecule has 2 rings (SSSR count). The minimum atomic E-state index is -0.891. The second-order valence-corrected chi connectivity index (χ2v) is 9.86. The molecule has 0 spiro atoms. The predicted molar refractivity (Wildman–Crippen MR) is 120 cm³/mol. The second-order valence-electron chi connectivity index (χ2n) is 7.86. The van der Waals surface area contributed by atoms with Crippen LogP contribution in [0.3, 0.4) is 0 Å². The quantitative estimate of drug-likeness (QED) is 0.393. The maximum atomic E-state index is 6.22. The first-order valence-electron chi connectivity index (χ1n) is 9.30. The molecular weight excluding hydrogens is 355 g/mol. The third-order valence-corrected chi connectivity index (χ3v) is 7.39. The van der Waals surface area contributed by atoms with E-state index >= 15 is 0 Å². The van der Waals surface area contributed by atoms with Gasteiger partial charge in [0.25, 0.3) is 0 Å². The van der Waals surface area contributed by atoms with E-state index in [1.54, 1.807) is 20.3 Å². The van der Waals surface area contributed by atoms with Crippen LogP contribution in [0.5, 0.6) is 5.75 Å². The summed E-state index contributed by atoms with van der Waals surface area (Å²) in [5.41, 5.74) is 3.53. The van der Waals surface area contributed by atoms with Gasteiger partial charge in [-0.05, 0) is 65.7 Å². The Morgan fingerprint density at radius 3 is 2.07 bits per heavy atom. The van der Waals surface area contributed by atoms with E-state index in [2.05, 4.69) is 78.5 Å². The maximum Gasteiger partial charge on any atom is 0.239 e. The monoisotopic (exact) mass is 394 g/mol. The molecule has 0 amide bonds. The molecule has 3 nitrogen and oxygen atoms in total. The van der Waals surface area contributed by atoms with Crippen LogP contribution in [0.1, 0.15) is 65.5 Å². The Morgan fingerprint density at radius 1 is 1.22 bits per heavy atom. The van der Waals surface area contributed by atoms with Crippen LogP contribution in [0, 0.1) is 6.92 Å². The van der Waals surface area contributed by atoms with Crippen LogP contribution in [-0.2, 0) is 9.26 Å². The Labute approximate surface area is 168 Å². The van der Waals surface area contributed by atoms with Gasteiger partial charge in [-0.25, -0.2) is 0 Å². The number of hydrogen-bond donors (Lipinski definition) is 0. The minimum Gasteiger partial charge on any atom is -0.446 e. The first-order chi connectivity index (χ1) is 12.4. The van der Waals surface area contributed by atoms with Gasteiger partial charge in [0.15, 0.2) is 0 Å². The minimum absolute atomic E-state index is 0.0603. The first kappa shape index (κ1) is 25.9. The van der Waals surface area contributed by atoms with Gasteiger partial charge in [0.05, 0.1) is 10.8 Å². The van der Waals surface area contributed by atoms with Gasteiger partial charge in [0.1, 0.15) is 5.75 Å². The summed E-state index contributed by atoms with van der Waals surface area (Å²) < 4.78 is 16.4. The van der Waals surface area contributed by atoms with Crippen molar-refractivity contribution in [2.75, 3.05) is 14.2 Å². The standard InChI is InChI=1S/C18H27O2P.C3H6.C2H6O/c1-12(2)13(3)15-10-9-11-16(14(15)4)19-21-18(7,8)17(5,6)20-21;2*1-3-2/h9-11,13H,1H2,2-8H3;3H,1H2,2H3;1-2H3. The highest BCUT2D eigenvalue weighted by atomic mass is 31.2. The van der Waals surface area contributed by atoms with E-state index in [1.807, 2.05) is 13.0 Å². The molecule has 154 valence electrons. The Hall–Kier alpha value is -1.15. The van der Waals surface area contributed by atoms with E-state index in [0.29, 0.717) is 5.92 Å². The largest absolute Gasteiger partial charge is 0.446 e. The van der Waals surface area contributed by atoms with Gasteiger partial charge in [-0.15, -0.1) is 6.58 Å². The topological polar surface area (TPSA) is 27.7 Å². The highest BCUT2D eigenvalue weighted by Crippen LogP contribution is 2.69. The fourth-order valence-electron chi connectivity index (χ4n) is 2.30. The van der Waals surface area contributed by atoms with Crippen LogP contribution >= 0.6 is 8.38 Å². The molecule has 4 heteroatoms. The van der Waals surface area contributed by atoms with Crippen molar-refractivity contribution in [1.82, 2.24) is 0 Å². The molecule has 0 radical (unpaired) electrons. The molecule has 0 N–H and O–H groups in total. The Balaban J connectivity index is 0.000000997. The second kappa shape index (κ2) is 11.0. The zero-order chi connectivity index (χ0) is 21.4. The molecule has 0 aromatic heterocycles. The SMILES string of the molecule is C=C(C)C(C)c1cccc(OP2OC(C)(C)C2(C)C)c1C.C=CC.COC. The van der Waals surface area contributed by atoms with Crippen LogP contribution in [0.15, 0.2) is 43.0 Å². The zero-order valence-electron chi connectivity index (χ0n) is 19.0. The molecule has 2 unspecified atom stereocenters. The van der Waals surface area contributed by atoms with Gasteiger partial charge in [0.2, 0.25) is 8.38 Å². The highest BCUT2D eigenvalue weighted by molar-refractivity contribution is 7.51. The van der Waals surface area contributed by atoms with Gasteiger partial charge < -0.3 is 13.8 Å². The van der Waals surface area contributed by atoms with E-state index in [0.717, 1.165) is 5.75 Å². The average molecular weight is 395 g/mol. The number of rotatable bonds is 4. The summed E-state index contributed by atoms with van der Waals surface area (Å²) in [5, 5.41) is 0.0603. The fraction of sp³-hybridized carbons (Fsp3) is 0.565. The first-order valence-corrected chi connectivity index (χ1v) is 10.5. The Bertz CT molecular complexity index is 620. The third-order valence-electron chi connectivity index (χ3n) is 4.95. The lowest BCUT2D eigenvalue weighted by atomic mass is 9.91. The van der Waals surface area contributed by atoms with Crippen LogP contribution in [-0.4, -0.2) is 25.0 Å². The molecule has 1 saturated heterocycles. The van der Waals surface area contributed by atoms with E-state index in [-0.39, 0.29) is 10.8 Å². The molecular formula is C23H39O3P. The van der Waals surface area contributed by atoms with Crippen molar-refractivity contribution in [3.05, 3.63) is 54.1 Å². The molecule has 1 aromatic carbocycles. The molecule has 27 heavy (non-hydrogen) atoms. The van der Waals surface area contributed by atoms with Gasteiger partial charge >= 0.3 is 0 Å². The summed E-state index contributed by atoms with van der Waals surface area (Å²) in [7, 11) is 2.36. The number of methoxy groups -OCH3 is 1. The highest BCUT2D eigenvalue weighted by Gasteiger charge is 2.59. The molecule has 0 bridgehead atoms. The normalized spacial score (nSPS) is 19.9. The van der Waals surface area contributed by atoms with Crippen LogP contribution in [0.25, 0.3) is 0 Å². The summed E-state index contributed by atoms with van der Waals surface area (Å²) in [4.78, 5) is 0. The number of benzene rings is 1. The molecule has 2 atom stereocenters. The van der Waals surface area contributed by atoms with Gasteiger partial charge in [0, 0.05) is 20.1 Å². The maximum absolute atomic E-state index is 6.22. The van der Waals surface area contributed by atoms with E-state index in [1.165, 1.54) is 16.7 Å². The lowest BCUT2D eigenvalue weighted by Crippen LogP contribution is -2.55. The van der Waals surface area contributed by atoms with Crippen LogP contribution in [0.4, 0.5) is 0 Å². The fourth-order valence-corrected chi connectivity index (χ4v) is 4.17. The predicted octanol–water partition coefficient (Wildman–Crippen LogP) is 7.41. The molecule has 0 aliphatic carbocycles. The third kappa shape index (κ3) is 6.45. The smallest absolute Gasteiger partial charge is 0.239 e. The molecule has 1 aromatic rings. The summed E-state index contributed by atoms with van der Waals surface area (Å²) in [5.74, 6) is 1.28. The van der Waals surface area contributed by atoms with Crippen molar-refractivity contribution in [1.29, 1.82) is 0 Å². The molecule has 1 heterocycles. The van der Waals surface area contributed by atoms with Crippen molar-refractivity contribution in [3.8, 4) is 5.75 Å². The summed E-state index contributed by atoms with van der Waals surface area (Å²) in [6.07, 6.45) is 1.75. The number of hydrogen-bond acceptors (Lipinski definition) is 3. The van der Waals surface area contributed by atoms with Crippen molar-refractivity contribution in [2.24, 2.45) is 0 Å². The summed E-state index contributed by atoms with van der Waals surface area (Å²) in [6, 6.07) is 6.26. The zero-order valence-corrected chi connectivity index (χ0v) is 19.9. The van der Waals surface area contributed by atoms with Crippen molar-refractivity contribution < 1.29 is 13.8 Å². The Morgan fingerprint density at radius 2 is 1.70 bits per heavy atom. The molecule has 1 aliphatic heterocycles. The number of ether oxygens (including phenoxy) is 1. The molecule has 0 saturated carbocycles. The van der Waals surface area contributed by atoms with E-state index in [4.69, 9.17) is 9.05 Å². The van der Waals surface area contributed by atoms with E-state index in [9.17, 15) is 0 Å². The van der Waals surface area contributed by atoms with Crippen molar-refractivity contribution >= 4 is 8.38 Å². The molecule has 1 aliphatic rings.